The van der Waals surface area contributed by atoms with E-state index in [4.69, 9.17) is 5.11 Å². The highest BCUT2D eigenvalue weighted by molar-refractivity contribution is 5.87. The molecule has 0 aliphatic heterocycles. The van der Waals surface area contributed by atoms with Gasteiger partial charge in [0.15, 0.2) is 0 Å². The lowest BCUT2D eigenvalue weighted by atomic mass is 10.1. The van der Waals surface area contributed by atoms with Gasteiger partial charge in [-0.1, -0.05) is 42.0 Å². The Morgan fingerprint density at radius 2 is 1.95 bits per heavy atom. The number of aromatic nitrogens is 2. The van der Waals surface area contributed by atoms with Crippen LogP contribution in [0.2, 0.25) is 0 Å². The van der Waals surface area contributed by atoms with Crippen molar-refractivity contribution in [2.24, 2.45) is 0 Å². The zero-order chi connectivity index (χ0) is 15.5. The summed E-state index contributed by atoms with van der Waals surface area (Å²) in [6.07, 6.45) is 3.67. The van der Waals surface area contributed by atoms with Gasteiger partial charge in [0.25, 0.3) is 0 Å². The average molecular weight is 292 g/mol. The average Bonchev–Trinajstić information content (AvgIpc) is 2.96. The van der Waals surface area contributed by atoms with Crippen molar-refractivity contribution in [1.29, 1.82) is 0 Å². The van der Waals surface area contributed by atoms with E-state index < -0.39 is 5.97 Å². The molecule has 0 saturated carbocycles. The Balaban J connectivity index is 1.91. The SMILES string of the molecule is Cc1ccc(-c2nccn2Cc2cccc(C(=O)O)c2)cc1. The number of imidazole rings is 1. The summed E-state index contributed by atoms with van der Waals surface area (Å²) in [6.45, 7) is 2.64. The first-order valence-electron chi connectivity index (χ1n) is 7.04. The fourth-order valence-electron chi connectivity index (χ4n) is 2.40. The van der Waals surface area contributed by atoms with Crippen molar-refractivity contribution in [1.82, 2.24) is 9.55 Å². The summed E-state index contributed by atoms with van der Waals surface area (Å²) in [5.74, 6) is -0.0352. The summed E-state index contributed by atoms with van der Waals surface area (Å²) in [4.78, 5) is 15.5. The van der Waals surface area contributed by atoms with E-state index in [1.54, 1.807) is 24.4 Å². The molecule has 3 rings (SSSR count). The topological polar surface area (TPSA) is 55.1 Å². The van der Waals surface area contributed by atoms with Crippen molar-refractivity contribution in [3.05, 3.63) is 77.6 Å². The molecule has 4 nitrogen and oxygen atoms in total. The van der Waals surface area contributed by atoms with E-state index in [2.05, 4.69) is 17.1 Å². The highest BCUT2D eigenvalue weighted by Crippen LogP contribution is 2.19. The number of carboxylic acid groups (broad SMARTS) is 1. The van der Waals surface area contributed by atoms with Crippen molar-refractivity contribution < 1.29 is 9.90 Å². The molecule has 22 heavy (non-hydrogen) atoms. The molecule has 4 heteroatoms. The van der Waals surface area contributed by atoms with Crippen LogP contribution in [0.25, 0.3) is 11.4 Å². The molecule has 0 saturated heterocycles. The van der Waals surface area contributed by atoms with Gasteiger partial charge in [-0.15, -0.1) is 0 Å². The third-order valence-corrected chi connectivity index (χ3v) is 3.55. The standard InChI is InChI=1S/C18H16N2O2/c1-13-5-7-15(8-6-13)17-19-9-10-20(17)12-14-3-2-4-16(11-14)18(21)22/h2-11H,12H2,1H3,(H,21,22). The number of rotatable bonds is 4. The summed E-state index contributed by atoms with van der Waals surface area (Å²) < 4.78 is 2.02. The van der Waals surface area contributed by atoms with E-state index in [0.717, 1.165) is 17.0 Å². The molecule has 3 aromatic rings. The van der Waals surface area contributed by atoms with Crippen molar-refractivity contribution in [2.75, 3.05) is 0 Å². The number of carbonyl (C=O) groups is 1. The lowest BCUT2D eigenvalue weighted by Crippen LogP contribution is -2.03. The van der Waals surface area contributed by atoms with E-state index >= 15 is 0 Å². The first-order valence-corrected chi connectivity index (χ1v) is 7.04. The van der Waals surface area contributed by atoms with Crippen LogP contribution in [-0.2, 0) is 6.54 Å². The third-order valence-electron chi connectivity index (χ3n) is 3.55. The molecular weight excluding hydrogens is 276 g/mol. The van der Waals surface area contributed by atoms with Crippen LogP contribution in [0.3, 0.4) is 0 Å². The molecule has 0 amide bonds. The van der Waals surface area contributed by atoms with Gasteiger partial charge in [0.2, 0.25) is 0 Å². The number of hydrogen-bond acceptors (Lipinski definition) is 2. The van der Waals surface area contributed by atoms with Crippen LogP contribution in [-0.4, -0.2) is 20.6 Å². The Morgan fingerprint density at radius 1 is 1.18 bits per heavy atom. The zero-order valence-corrected chi connectivity index (χ0v) is 12.2. The molecule has 1 heterocycles. The summed E-state index contributed by atoms with van der Waals surface area (Å²) in [6, 6.07) is 15.2. The minimum atomic E-state index is -0.911. The van der Waals surface area contributed by atoms with Gasteiger partial charge in [0.1, 0.15) is 5.82 Å². The van der Waals surface area contributed by atoms with Crippen LogP contribution in [0.5, 0.6) is 0 Å². The fourth-order valence-corrected chi connectivity index (χ4v) is 2.40. The van der Waals surface area contributed by atoms with Gasteiger partial charge in [0, 0.05) is 24.5 Å². The number of aromatic carboxylic acids is 1. The van der Waals surface area contributed by atoms with Gasteiger partial charge in [-0.25, -0.2) is 9.78 Å². The smallest absolute Gasteiger partial charge is 0.335 e. The number of aryl methyl sites for hydroxylation is 1. The predicted molar refractivity (Wildman–Crippen MR) is 84.9 cm³/mol. The molecule has 0 spiro atoms. The second-order valence-electron chi connectivity index (χ2n) is 5.25. The molecule has 0 bridgehead atoms. The second kappa shape index (κ2) is 5.85. The Morgan fingerprint density at radius 3 is 2.68 bits per heavy atom. The predicted octanol–water partition coefficient (Wildman–Crippen LogP) is 3.61. The summed E-state index contributed by atoms with van der Waals surface area (Å²) in [5, 5.41) is 9.07. The minimum Gasteiger partial charge on any atom is -0.478 e. The molecule has 1 aromatic heterocycles. The van der Waals surface area contributed by atoms with Gasteiger partial charge < -0.3 is 9.67 Å². The highest BCUT2D eigenvalue weighted by atomic mass is 16.4. The number of nitrogens with zero attached hydrogens (tertiary/aromatic N) is 2. The van der Waals surface area contributed by atoms with Crippen LogP contribution in [0, 0.1) is 6.92 Å². The molecule has 0 aliphatic rings. The van der Waals surface area contributed by atoms with E-state index in [-0.39, 0.29) is 0 Å². The fraction of sp³-hybridized carbons (Fsp3) is 0.111. The van der Waals surface area contributed by atoms with Gasteiger partial charge in [0.05, 0.1) is 5.56 Å². The van der Waals surface area contributed by atoms with Crippen LogP contribution < -0.4 is 0 Å². The Hall–Kier alpha value is -2.88. The van der Waals surface area contributed by atoms with Gasteiger partial charge in [-0.05, 0) is 24.6 Å². The third kappa shape index (κ3) is 2.91. The first-order chi connectivity index (χ1) is 10.6. The lowest BCUT2D eigenvalue weighted by Gasteiger charge is -2.09. The van der Waals surface area contributed by atoms with E-state index in [0.29, 0.717) is 12.1 Å². The van der Waals surface area contributed by atoms with Crippen LogP contribution in [0.1, 0.15) is 21.5 Å². The van der Waals surface area contributed by atoms with Crippen LogP contribution in [0.4, 0.5) is 0 Å². The molecule has 1 N–H and O–H groups in total. The number of carboxylic acids is 1. The van der Waals surface area contributed by atoms with Gasteiger partial charge >= 0.3 is 5.97 Å². The molecule has 0 aliphatic carbocycles. The Bertz CT molecular complexity index is 804. The van der Waals surface area contributed by atoms with E-state index in [9.17, 15) is 4.79 Å². The molecule has 0 radical (unpaired) electrons. The van der Waals surface area contributed by atoms with Crippen LogP contribution >= 0.6 is 0 Å². The maximum absolute atomic E-state index is 11.1. The number of hydrogen-bond donors (Lipinski definition) is 1. The second-order valence-corrected chi connectivity index (χ2v) is 5.25. The zero-order valence-electron chi connectivity index (χ0n) is 12.2. The monoisotopic (exact) mass is 292 g/mol. The van der Waals surface area contributed by atoms with Crippen molar-refractivity contribution in [2.45, 2.75) is 13.5 Å². The molecule has 0 atom stereocenters. The maximum Gasteiger partial charge on any atom is 0.335 e. The summed E-state index contributed by atoms with van der Waals surface area (Å²) in [7, 11) is 0. The van der Waals surface area contributed by atoms with Crippen molar-refractivity contribution in [3.8, 4) is 11.4 Å². The quantitative estimate of drug-likeness (QED) is 0.799. The summed E-state index contributed by atoms with van der Waals surface area (Å²) in [5.41, 5.74) is 3.49. The molecular formula is C18H16N2O2. The van der Waals surface area contributed by atoms with E-state index in [1.165, 1.54) is 5.56 Å². The van der Waals surface area contributed by atoms with Crippen molar-refractivity contribution >= 4 is 5.97 Å². The van der Waals surface area contributed by atoms with Gasteiger partial charge in [-0.3, -0.25) is 0 Å². The first kappa shape index (κ1) is 14.1. The number of benzene rings is 2. The molecule has 0 fully saturated rings. The Labute approximate surface area is 128 Å². The molecule has 2 aromatic carbocycles. The lowest BCUT2D eigenvalue weighted by molar-refractivity contribution is 0.0696. The minimum absolute atomic E-state index is 0.300. The van der Waals surface area contributed by atoms with E-state index in [1.807, 2.05) is 35.9 Å². The largest absolute Gasteiger partial charge is 0.478 e. The molecule has 0 unspecified atom stereocenters. The van der Waals surface area contributed by atoms with Crippen molar-refractivity contribution in [3.63, 3.8) is 0 Å². The normalized spacial score (nSPS) is 10.6. The van der Waals surface area contributed by atoms with Gasteiger partial charge in [-0.2, -0.15) is 0 Å². The maximum atomic E-state index is 11.1. The highest BCUT2D eigenvalue weighted by Gasteiger charge is 2.08. The molecule has 110 valence electrons. The van der Waals surface area contributed by atoms with Crippen LogP contribution in [0.15, 0.2) is 60.9 Å². The Kier molecular flexibility index (Phi) is 3.74. The summed E-state index contributed by atoms with van der Waals surface area (Å²) >= 11 is 0.